The summed E-state index contributed by atoms with van der Waals surface area (Å²) in [4.78, 5) is 30.3. The van der Waals surface area contributed by atoms with Crippen molar-refractivity contribution < 1.29 is 14.7 Å². The van der Waals surface area contributed by atoms with Crippen molar-refractivity contribution in [2.75, 3.05) is 0 Å². The Balaban J connectivity index is 1.21. The highest BCUT2D eigenvalue weighted by Gasteiger charge is 2.52. The van der Waals surface area contributed by atoms with Crippen LogP contribution in [0, 0.1) is 17.8 Å². The van der Waals surface area contributed by atoms with E-state index in [2.05, 4.69) is 15.6 Å². The van der Waals surface area contributed by atoms with E-state index in [1.165, 1.54) is 19.3 Å². The first-order valence-electron chi connectivity index (χ1n) is 13.6. The van der Waals surface area contributed by atoms with E-state index in [1.807, 2.05) is 30.5 Å². The van der Waals surface area contributed by atoms with Gasteiger partial charge in [0.05, 0.1) is 6.04 Å². The van der Waals surface area contributed by atoms with Crippen LogP contribution in [0.3, 0.4) is 0 Å². The Bertz CT molecular complexity index is 1260. The third kappa shape index (κ3) is 4.97. The van der Waals surface area contributed by atoms with Crippen LogP contribution in [0.4, 0.5) is 0 Å². The molecule has 2 aromatic carbocycles. The average Bonchev–Trinajstić information content (AvgIpc) is 3.26. The Kier molecular flexibility index (Phi) is 6.19. The molecule has 0 saturated heterocycles. The molecule has 4 bridgehead atoms. The van der Waals surface area contributed by atoms with Gasteiger partial charge in [-0.2, -0.15) is 0 Å². The highest BCUT2D eigenvalue weighted by Crippen LogP contribution is 2.55. The van der Waals surface area contributed by atoms with Gasteiger partial charge in [-0.15, -0.1) is 0 Å². The number of hydrogen-bond acceptors (Lipinski definition) is 4. The summed E-state index contributed by atoms with van der Waals surface area (Å²) in [7, 11) is 0. The van der Waals surface area contributed by atoms with Crippen LogP contribution in [0.2, 0.25) is 0 Å². The third-order valence-electron chi connectivity index (χ3n) is 8.89. The first kappa shape index (κ1) is 24.0. The number of rotatable bonds is 8. The third-order valence-corrected chi connectivity index (χ3v) is 8.89. The number of phenolic OH excluding ortho intramolecular Hbond substituents is 1. The number of hydrogen-bond donors (Lipinski definition) is 5. The predicted molar refractivity (Wildman–Crippen MR) is 143 cm³/mol. The Morgan fingerprint density at radius 1 is 0.946 bits per heavy atom. The quantitative estimate of drug-likeness (QED) is 0.325. The van der Waals surface area contributed by atoms with E-state index in [1.54, 1.807) is 24.3 Å². The Morgan fingerprint density at radius 2 is 1.59 bits per heavy atom. The van der Waals surface area contributed by atoms with Gasteiger partial charge in [0.25, 0.3) is 0 Å². The normalized spacial score (nSPS) is 27.6. The van der Waals surface area contributed by atoms with Gasteiger partial charge < -0.3 is 26.5 Å². The fraction of sp³-hybridized carbons (Fsp3) is 0.467. The van der Waals surface area contributed by atoms with Crippen LogP contribution in [-0.2, 0) is 22.4 Å². The topological polar surface area (TPSA) is 120 Å². The zero-order chi connectivity index (χ0) is 25.6. The molecule has 2 amide bonds. The molecule has 0 spiro atoms. The highest BCUT2D eigenvalue weighted by molar-refractivity contribution is 5.91. The molecule has 0 aliphatic heterocycles. The van der Waals surface area contributed by atoms with Crippen LogP contribution in [0.25, 0.3) is 10.9 Å². The second kappa shape index (κ2) is 9.53. The van der Waals surface area contributed by atoms with E-state index >= 15 is 0 Å². The number of phenols is 1. The van der Waals surface area contributed by atoms with Crippen molar-refractivity contribution in [3.05, 3.63) is 65.9 Å². The molecule has 0 radical (unpaired) electrons. The number of para-hydroxylation sites is 1. The second-order valence-electron chi connectivity index (χ2n) is 11.8. The van der Waals surface area contributed by atoms with Crippen LogP contribution < -0.4 is 16.4 Å². The number of aromatic amines is 1. The fourth-order valence-corrected chi connectivity index (χ4v) is 7.60. The Hall–Kier alpha value is -3.32. The minimum atomic E-state index is -0.803. The van der Waals surface area contributed by atoms with E-state index in [9.17, 15) is 14.7 Å². The minimum Gasteiger partial charge on any atom is -0.508 e. The molecule has 1 heterocycles. The predicted octanol–water partition coefficient (Wildman–Crippen LogP) is 3.56. The van der Waals surface area contributed by atoms with Gasteiger partial charge in [-0.1, -0.05) is 30.3 Å². The van der Waals surface area contributed by atoms with Gasteiger partial charge in [0.15, 0.2) is 0 Å². The molecule has 4 saturated carbocycles. The van der Waals surface area contributed by atoms with Crippen molar-refractivity contribution in [2.45, 2.75) is 69.0 Å². The molecular weight excluding hydrogens is 464 g/mol. The van der Waals surface area contributed by atoms with Crippen LogP contribution in [-0.4, -0.2) is 39.5 Å². The van der Waals surface area contributed by atoms with Gasteiger partial charge in [0, 0.05) is 29.1 Å². The molecule has 7 rings (SSSR count). The largest absolute Gasteiger partial charge is 0.508 e. The molecule has 4 aliphatic rings. The lowest BCUT2D eigenvalue weighted by Gasteiger charge is -2.57. The summed E-state index contributed by atoms with van der Waals surface area (Å²) < 4.78 is 0. The zero-order valence-corrected chi connectivity index (χ0v) is 21.1. The second-order valence-corrected chi connectivity index (χ2v) is 11.8. The minimum absolute atomic E-state index is 0.114. The zero-order valence-electron chi connectivity index (χ0n) is 21.1. The summed E-state index contributed by atoms with van der Waals surface area (Å²) in [5, 5.41) is 17.0. The van der Waals surface area contributed by atoms with Crippen molar-refractivity contribution in [3.63, 3.8) is 0 Å². The highest BCUT2D eigenvalue weighted by atomic mass is 16.3. The fourth-order valence-electron chi connectivity index (χ4n) is 7.60. The van der Waals surface area contributed by atoms with Gasteiger partial charge in [0.1, 0.15) is 11.8 Å². The molecule has 6 N–H and O–H groups in total. The van der Waals surface area contributed by atoms with E-state index in [0.717, 1.165) is 41.3 Å². The number of aromatic hydroxyl groups is 1. The van der Waals surface area contributed by atoms with Gasteiger partial charge in [0.2, 0.25) is 11.8 Å². The molecule has 37 heavy (non-hydrogen) atoms. The summed E-state index contributed by atoms with van der Waals surface area (Å²) >= 11 is 0. The van der Waals surface area contributed by atoms with Crippen molar-refractivity contribution >= 4 is 22.7 Å². The van der Waals surface area contributed by atoms with Gasteiger partial charge in [-0.05, 0) is 92.0 Å². The molecule has 4 aliphatic carbocycles. The summed E-state index contributed by atoms with van der Waals surface area (Å²) in [5.41, 5.74) is 8.99. The Morgan fingerprint density at radius 3 is 2.27 bits per heavy atom. The maximum absolute atomic E-state index is 13.8. The average molecular weight is 501 g/mol. The van der Waals surface area contributed by atoms with E-state index in [-0.39, 0.29) is 23.1 Å². The van der Waals surface area contributed by atoms with E-state index in [4.69, 9.17) is 5.73 Å². The number of nitrogens with two attached hydrogens (primary N) is 1. The van der Waals surface area contributed by atoms with Gasteiger partial charge in [-0.3, -0.25) is 9.59 Å². The maximum atomic E-state index is 13.8. The SMILES string of the molecule is N[C@@H](Cc1ccc(O)cc1)C(=O)N[C@@H](Cc1c[nH]c2ccccc12)C(=O)NC12CC3CC(CC(C3)C1)C2. The lowest BCUT2D eigenvalue weighted by Crippen LogP contribution is -2.63. The number of amides is 2. The number of nitrogens with one attached hydrogen (secondary N) is 3. The lowest BCUT2D eigenvalue weighted by atomic mass is 9.53. The molecule has 194 valence electrons. The molecule has 3 aromatic rings. The van der Waals surface area contributed by atoms with Crippen molar-refractivity contribution in [1.29, 1.82) is 0 Å². The number of aromatic nitrogens is 1. The molecule has 7 heteroatoms. The van der Waals surface area contributed by atoms with Crippen molar-refractivity contribution in [1.82, 2.24) is 15.6 Å². The molecule has 2 atom stereocenters. The number of carbonyl (C=O) groups excluding carboxylic acids is 2. The summed E-state index contributed by atoms with van der Waals surface area (Å²) in [6.45, 7) is 0. The molecule has 0 unspecified atom stereocenters. The maximum Gasteiger partial charge on any atom is 0.243 e. The van der Waals surface area contributed by atoms with Crippen molar-refractivity contribution in [2.24, 2.45) is 23.5 Å². The van der Waals surface area contributed by atoms with Crippen LogP contribution >= 0.6 is 0 Å². The van der Waals surface area contributed by atoms with Crippen LogP contribution in [0.5, 0.6) is 5.75 Å². The molecule has 7 nitrogen and oxygen atoms in total. The van der Waals surface area contributed by atoms with Crippen LogP contribution in [0.1, 0.15) is 49.7 Å². The first-order valence-corrected chi connectivity index (χ1v) is 13.6. The number of benzene rings is 2. The smallest absolute Gasteiger partial charge is 0.243 e. The lowest BCUT2D eigenvalue weighted by molar-refractivity contribution is -0.133. The first-order chi connectivity index (χ1) is 17.9. The number of carbonyl (C=O) groups is 2. The number of H-pyrrole nitrogens is 1. The van der Waals surface area contributed by atoms with Crippen molar-refractivity contribution in [3.8, 4) is 5.75 Å². The summed E-state index contributed by atoms with van der Waals surface area (Å²) in [6, 6.07) is 13.2. The molecule has 1 aromatic heterocycles. The molecule has 4 fully saturated rings. The van der Waals surface area contributed by atoms with Gasteiger partial charge >= 0.3 is 0 Å². The number of fused-ring (bicyclic) bond motifs is 1. The monoisotopic (exact) mass is 500 g/mol. The molecular formula is C30H36N4O3. The summed E-state index contributed by atoms with van der Waals surface area (Å²) in [5.74, 6) is 1.85. The van der Waals surface area contributed by atoms with Gasteiger partial charge in [-0.25, -0.2) is 0 Å². The summed E-state index contributed by atoms with van der Waals surface area (Å²) in [6.07, 6.45) is 9.71. The van der Waals surface area contributed by atoms with E-state index < -0.39 is 12.1 Å². The standard InChI is InChI=1S/C30H36N4O3/c31-25(12-18-5-7-23(35)8-6-18)28(36)33-27(13-22-17-32-26-4-2-1-3-24(22)26)29(37)34-30-14-19-9-20(15-30)11-21(10-19)16-30/h1-8,17,19-21,25,27,32,35H,9-16,31H2,(H,33,36)(H,34,37)/t19?,20?,21?,25-,27-,30?/m0/s1. The Labute approximate surface area is 217 Å². The van der Waals surface area contributed by atoms with E-state index in [0.29, 0.717) is 30.6 Å². The van der Waals surface area contributed by atoms with Crippen LogP contribution in [0.15, 0.2) is 54.7 Å².